The summed E-state index contributed by atoms with van der Waals surface area (Å²) in [5.41, 5.74) is 0. The largest absolute Gasteiger partial charge is 0.481 e. The molecule has 0 radical (unpaired) electrons. The summed E-state index contributed by atoms with van der Waals surface area (Å²) in [6.45, 7) is 7.64. The van der Waals surface area contributed by atoms with E-state index in [1.54, 1.807) is 14.0 Å². The molecule has 0 aliphatic carbocycles. The van der Waals surface area contributed by atoms with Crippen LogP contribution in [0.25, 0.3) is 0 Å². The fourth-order valence-corrected chi connectivity index (χ4v) is 2.09. The Hall–Kier alpha value is -2.02. The third-order valence-corrected chi connectivity index (χ3v) is 3.76. The van der Waals surface area contributed by atoms with Crippen molar-refractivity contribution in [1.82, 2.24) is 4.90 Å². The summed E-state index contributed by atoms with van der Waals surface area (Å²) in [6.07, 6.45) is 13.1. The van der Waals surface area contributed by atoms with Crippen molar-refractivity contribution in [2.24, 2.45) is 17.8 Å². The van der Waals surface area contributed by atoms with Gasteiger partial charge in [-0.1, -0.05) is 38.0 Å². The Morgan fingerprint density at radius 1 is 1.36 bits per heavy atom. The highest BCUT2D eigenvalue weighted by atomic mass is 16.4. The van der Waals surface area contributed by atoms with E-state index < -0.39 is 17.8 Å². The van der Waals surface area contributed by atoms with Crippen LogP contribution in [-0.4, -0.2) is 35.5 Å². The maximum absolute atomic E-state index is 12.1. The number of hydrogen-bond acceptors (Lipinski definition) is 2. The van der Waals surface area contributed by atoms with Crippen molar-refractivity contribution in [2.75, 3.05) is 13.6 Å². The molecule has 1 amide bonds. The van der Waals surface area contributed by atoms with Crippen molar-refractivity contribution in [2.45, 2.75) is 33.1 Å². The molecule has 0 heterocycles. The fourth-order valence-electron chi connectivity index (χ4n) is 2.09. The van der Waals surface area contributed by atoms with Gasteiger partial charge in [-0.3, -0.25) is 9.59 Å². The van der Waals surface area contributed by atoms with Crippen LogP contribution in [0.4, 0.5) is 0 Å². The minimum absolute atomic E-state index is 0.185. The summed E-state index contributed by atoms with van der Waals surface area (Å²) in [5, 5.41) is 9.33. The lowest BCUT2D eigenvalue weighted by Gasteiger charge is -2.23. The second-order valence-corrected chi connectivity index (χ2v) is 5.63. The highest BCUT2D eigenvalue weighted by Gasteiger charge is 2.30. The molecule has 0 saturated carbocycles. The van der Waals surface area contributed by atoms with Gasteiger partial charge in [0.05, 0.1) is 12.5 Å². The number of hydrogen-bond donors (Lipinski definition) is 1. The van der Waals surface area contributed by atoms with Crippen LogP contribution in [0.15, 0.2) is 24.8 Å². The molecule has 0 aliphatic rings. The zero-order chi connectivity index (χ0) is 17.1. The molecule has 122 valence electrons. The van der Waals surface area contributed by atoms with Gasteiger partial charge in [0.25, 0.3) is 0 Å². The van der Waals surface area contributed by atoms with E-state index in [1.165, 1.54) is 4.90 Å². The van der Waals surface area contributed by atoms with E-state index in [4.69, 9.17) is 6.42 Å². The number of nitrogens with zero attached hydrogens (tertiary/aromatic N) is 1. The topological polar surface area (TPSA) is 57.6 Å². The van der Waals surface area contributed by atoms with Crippen LogP contribution in [0, 0.1) is 30.1 Å². The summed E-state index contributed by atoms with van der Waals surface area (Å²) in [4.78, 5) is 24.9. The van der Waals surface area contributed by atoms with E-state index in [0.717, 1.165) is 12.8 Å². The molecule has 0 aromatic rings. The normalized spacial score (nSPS) is 14.8. The molecule has 3 unspecified atom stereocenters. The molecule has 0 saturated heterocycles. The van der Waals surface area contributed by atoms with E-state index in [9.17, 15) is 14.7 Å². The summed E-state index contributed by atoms with van der Waals surface area (Å²) in [6, 6.07) is 0. The van der Waals surface area contributed by atoms with Gasteiger partial charge in [0, 0.05) is 13.0 Å². The third kappa shape index (κ3) is 7.12. The van der Waals surface area contributed by atoms with Gasteiger partial charge in [0.1, 0.15) is 0 Å². The molecule has 0 aliphatic heterocycles. The van der Waals surface area contributed by atoms with Crippen LogP contribution >= 0.6 is 0 Å². The first-order valence-corrected chi connectivity index (χ1v) is 7.53. The summed E-state index contributed by atoms with van der Waals surface area (Å²) in [7, 11) is 1.59. The predicted octanol–water partition coefficient (Wildman–Crippen LogP) is 2.96. The molecule has 4 nitrogen and oxygen atoms in total. The van der Waals surface area contributed by atoms with Crippen molar-refractivity contribution in [3.05, 3.63) is 24.8 Å². The Kier molecular flexibility index (Phi) is 9.69. The van der Waals surface area contributed by atoms with Gasteiger partial charge < -0.3 is 10.0 Å². The molecule has 0 fully saturated rings. The lowest BCUT2D eigenvalue weighted by molar-refractivity contribution is -0.149. The predicted molar refractivity (Wildman–Crippen MR) is 89.1 cm³/mol. The molecular formula is C18H27NO3. The molecule has 0 aromatic heterocycles. The van der Waals surface area contributed by atoms with Crippen LogP contribution < -0.4 is 0 Å². The lowest BCUT2D eigenvalue weighted by atomic mass is 9.89. The number of allylic oxidation sites excluding steroid dienone is 3. The number of rotatable bonds is 10. The molecular weight excluding hydrogens is 278 g/mol. The Bertz CT molecular complexity index is 448. The molecule has 3 atom stereocenters. The Morgan fingerprint density at radius 2 is 2.00 bits per heavy atom. The van der Waals surface area contributed by atoms with Gasteiger partial charge in [-0.15, -0.1) is 13.0 Å². The standard InChI is InChI=1S/C18H27NO3/c1-6-13-19(5)17(20)15(4)16(18(21)22)12-10-8-9-11-14(3)7-2/h1,7-8,10,14-16H,2,9,11-13H2,3-5H3,(H,21,22). The van der Waals surface area contributed by atoms with E-state index >= 15 is 0 Å². The molecule has 0 spiro atoms. The molecule has 1 N–H and O–H groups in total. The minimum atomic E-state index is -0.959. The second kappa shape index (κ2) is 10.7. The van der Waals surface area contributed by atoms with Gasteiger partial charge in [-0.2, -0.15) is 0 Å². The fraction of sp³-hybridized carbons (Fsp3) is 0.556. The average molecular weight is 305 g/mol. The molecule has 0 aromatic carbocycles. The monoisotopic (exact) mass is 305 g/mol. The second-order valence-electron chi connectivity index (χ2n) is 5.63. The number of carbonyl (C=O) groups excluding carboxylic acids is 1. The van der Waals surface area contributed by atoms with Crippen molar-refractivity contribution in [3.8, 4) is 12.3 Å². The summed E-state index contributed by atoms with van der Waals surface area (Å²) < 4.78 is 0. The highest BCUT2D eigenvalue weighted by Crippen LogP contribution is 2.19. The Balaban J connectivity index is 4.57. The quantitative estimate of drug-likeness (QED) is 0.498. The van der Waals surface area contributed by atoms with Crippen molar-refractivity contribution < 1.29 is 14.7 Å². The maximum atomic E-state index is 12.1. The molecule has 22 heavy (non-hydrogen) atoms. The third-order valence-electron chi connectivity index (χ3n) is 3.76. The molecule has 0 rings (SSSR count). The van der Waals surface area contributed by atoms with E-state index in [0.29, 0.717) is 12.3 Å². The van der Waals surface area contributed by atoms with Gasteiger partial charge in [-0.25, -0.2) is 0 Å². The van der Waals surface area contributed by atoms with Crippen molar-refractivity contribution in [3.63, 3.8) is 0 Å². The van der Waals surface area contributed by atoms with Crippen molar-refractivity contribution in [1.29, 1.82) is 0 Å². The van der Waals surface area contributed by atoms with Crippen LogP contribution in [0.3, 0.4) is 0 Å². The molecule has 0 bridgehead atoms. The summed E-state index contributed by atoms with van der Waals surface area (Å²) in [5.74, 6) is 0.290. The van der Waals surface area contributed by atoms with Gasteiger partial charge >= 0.3 is 5.97 Å². The van der Waals surface area contributed by atoms with Gasteiger partial charge in [-0.05, 0) is 25.2 Å². The van der Waals surface area contributed by atoms with E-state index in [1.807, 2.05) is 18.2 Å². The average Bonchev–Trinajstić information content (AvgIpc) is 2.48. The SMILES string of the molecule is C#CCN(C)C(=O)C(C)C(CC=CCCC(C)C=C)C(=O)O. The Labute approximate surface area is 133 Å². The van der Waals surface area contributed by atoms with Crippen molar-refractivity contribution >= 4 is 11.9 Å². The highest BCUT2D eigenvalue weighted by molar-refractivity contribution is 5.84. The van der Waals surface area contributed by atoms with Crippen LogP contribution in [-0.2, 0) is 9.59 Å². The van der Waals surface area contributed by atoms with E-state index in [2.05, 4.69) is 19.4 Å². The first-order valence-electron chi connectivity index (χ1n) is 7.53. The number of carboxylic acids is 1. The number of carbonyl (C=O) groups is 2. The van der Waals surface area contributed by atoms with Gasteiger partial charge in [0.2, 0.25) is 5.91 Å². The number of amides is 1. The first kappa shape index (κ1) is 20.0. The van der Waals surface area contributed by atoms with Crippen LogP contribution in [0.2, 0.25) is 0 Å². The zero-order valence-electron chi connectivity index (χ0n) is 13.8. The van der Waals surface area contributed by atoms with Crippen LogP contribution in [0.5, 0.6) is 0 Å². The lowest BCUT2D eigenvalue weighted by Crippen LogP contribution is -2.37. The number of terminal acetylenes is 1. The summed E-state index contributed by atoms with van der Waals surface area (Å²) >= 11 is 0. The van der Waals surface area contributed by atoms with E-state index in [-0.39, 0.29) is 12.5 Å². The maximum Gasteiger partial charge on any atom is 0.307 e. The minimum Gasteiger partial charge on any atom is -0.481 e. The zero-order valence-corrected chi connectivity index (χ0v) is 13.8. The number of aliphatic carboxylic acids is 1. The Morgan fingerprint density at radius 3 is 2.50 bits per heavy atom. The first-order chi connectivity index (χ1) is 10.3. The molecule has 4 heteroatoms. The van der Waals surface area contributed by atoms with Gasteiger partial charge in [0.15, 0.2) is 0 Å². The number of carboxylic acid groups (broad SMARTS) is 1. The smallest absolute Gasteiger partial charge is 0.307 e. The van der Waals surface area contributed by atoms with Crippen LogP contribution in [0.1, 0.15) is 33.1 Å².